The molecule has 1 amide bonds. The van der Waals surface area contributed by atoms with E-state index in [-0.39, 0.29) is 23.4 Å². The van der Waals surface area contributed by atoms with Crippen LogP contribution in [0.1, 0.15) is 66.1 Å². The number of rotatable bonds is 13. The minimum Gasteiger partial charge on any atom is -0.383 e. The number of nitrogens with zero attached hydrogens (tertiary/aromatic N) is 4. The van der Waals surface area contributed by atoms with Gasteiger partial charge in [-0.3, -0.25) is 4.79 Å². The molecule has 224 valence electrons. The highest BCUT2D eigenvalue weighted by Gasteiger charge is 2.27. The lowest BCUT2D eigenvalue weighted by Gasteiger charge is -2.32. The Balaban J connectivity index is 1.27. The zero-order chi connectivity index (χ0) is 29.7. The highest BCUT2D eigenvalue weighted by molar-refractivity contribution is 6.10. The summed E-state index contributed by atoms with van der Waals surface area (Å²) in [6, 6.07) is 10.5. The second-order valence-corrected chi connectivity index (χ2v) is 11.4. The number of likely N-dealkylation sites (N-methyl/N-ethyl adjacent to an activating group) is 1. The third kappa shape index (κ3) is 9.28. The summed E-state index contributed by atoms with van der Waals surface area (Å²) in [5.41, 5.74) is 10.1. The summed E-state index contributed by atoms with van der Waals surface area (Å²) in [6.07, 6.45) is 16.4. The summed E-state index contributed by atoms with van der Waals surface area (Å²) < 4.78 is 6.30. The van der Waals surface area contributed by atoms with E-state index in [1.165, 1.54) is 50.9 Å². The van der Waals surface area contributed by atoms with Gasteiger partial charge in [-0.15, -0.1) is 0 Å². The number of nitrogens with one attached hydrogen (secondary N) is 1. The topological polar surface area (TPSA) is 108 Å². The van der Waals surface area contributed by atoms with Crippen molar-refractivity contribution in [3.63, 3.8) is 0 Å². The zero-order valence-electron chi connectivity index (χ0n) is 25.2. The molecule has 2 fully saturated rings. The average molecular weight is 571 g/mol. The molecule has 1 aliphatic heterocycles. The number of anilines is 1. The lowest BCUT2D eigenvalue weighted by atomic mass is 10.1. The molecule has 2 atom stereocenters. The third-order valence-electron chi connectivity index (χ3n) is 8.19. The van der Waals surface area contributed by atoms with Crippen LogP contribution in [-0.4, -0.2) is 79.0 Å². The number of ether oxygens (including phenoxy) is 1. The molecule has 2 aliphatic rings. The Morgan fingerprint density at radius 3 is 2.67 bits per heavy atom. The molecule has 2 unspecified atom stereocenters. The lowest BCUT2D eigenvalue weighted by Crippen LogP contribution is -2.44. The molecule has 1 saturated heterocycles. The maximum atomic E-state index is 13.0. The van der Waals surface area contributed by atoms with Crippen molar-refractivity contribution in [1.82, 2.24) is 14.8 Å². The average Bonchev–Trinajstić information content (AvgIpc) is 3.46. The number of aryl methyl sites for hydroxylation is 1. The summed E-state index contributed by atoms with van der Waals surface area (Å²) in [5, 5.41) is 7.74. The van der Waals surface area contributed by atoms with Crippen LogP contribution >= 0.6 is 0 Å². The Morgan fingerprint density at radius 2 is 1.93 bits per heavy atom. The fourth-order valence-corrected chi connectivity index (χ4v) is 5.49. The van der Waals surface area contributed by atoms with Gasteiger partial charge in [0, 0.05) is 61.9 Å². The molecular weight excluding hydrogens is 524 g/mol. The van der Waals surface area contributed by atoms with Crippen LogP contribution in [-0.2, 0) is 17.8 Å². The Bertz CT molecular complexity index is 1260. The molecule has 8 nitrogen and oxygen atoms in total. The highest BCUT2D eigenvalue weighted by atomic mass is 16.5. The maximum Gasteiger partial charge on any atom is 0.280 e. The second-order valence-electron chi connectivity index (χ2n) is 11.4. The molecule has 2 heterocycles. The van der Waals surface area contributed by atoms with Gasteiger partial charge in [0.25, 0.3) is 5.91 Å². The van der Waals surface area contributed by atoms with Gasteiger partial charge in [0.05, 0.1) is 18.3 Å². The first-order chi connectivity index (χ1) is 20.5. The normalized spacial score (nSPS) is 20.6. The van der Waals surface area contributed by atoms with E-state index in [0.29, 0.717) is 17.7 Å². The summed E-state index contributed by atoms with van der Waals surface area (Å²) in [5.74, 6) is -0.211. The first-order valence-electron chi connectivity index (χ1n) is 15.3. The Hall–Kier alpha value is -3.46. The summed E-state index contributed by atoms with van der Waals surface area (Å²) in [6.45, 7) is 8.44. The predicted octanol–water partition coefficient (Wildman–Crippen LogP) is 5.44. The number of benzene rings is 1. The molecular formula is C34H46N6O2. The van der Waals surface area contributed by atoms with Crippen LogP contribution in [0, 0.1) is 11.3 Å². The maximum absolute atomic E-state index is 13.0. The summed E-state index contributed by atoms with van der Waals surface area (Å²) in [7, 11) is 2.20. The van der Waals surface area contributed by atoms with Gasteiger partial charge in [-0.25, -0.2) is 9.98 Å². The number of allylic oxidation sites excluding steroid dienone is 4. The fraction of sp³-hybridized carbons (Fsp3) is 0.471. The number of nitrogen functional groups attached to an aromatic ring is 1. The van der Waals surface area contributed by atoms with E-state index in [1.807, 2.05) is 25.2 Å². The quantitative estimate of drug-likeness (QED) is 0.245. The number of aromatic nitrogens is 1. The number of hydrogen-bond donors (Lipinski definition) is 2. The van der Waals surface area contributed by atoms with Gasteiger partial charge in [-0.2, -0.15) is 0 Å². The summed E-state index contributed by atoms with van der Waals surface area (Å²) in [4.78, 5) is 26.4. The predicted molar refractivity (Wildman–Crippen MR) is 172 cm³/mol. The minimum atomic E-state index is -0.427. The van der Waals surface area contributed by atoms with Crippen LogP contribution in [0.2, 0.25) is 0 Å². The van der Waals surface area contributed by atoms with Crippen molar-refractivity contribution in [2.45, 2.75) is 58.2 Å². The lowest BCUT2D eigenvalue weighted by molar-refractivity contribution is 0.0325. The molecule has 1 aromatic carbocycles. The van der Waals surface area contributed by atoms with E-state index in [0.717, 1.165) is 37.7 Å². The van der Waals surface area contributed by atoms with Gasteiger partial charge in [-0.05, 0) is 62.9 Å². The molecule has 0 radical (unpaired) electrons. The molecule has 42 heavy (non-hydrogen) atoms. The van der Waals surface area contributed by atoms with Crippen LogP contribution < -0.4 is 5.73 Å². The molecule has 3 N–H and O–H groups in total. The number of piperazine rings is 1. The van der Waals surface area contributed by atoms with E-state index >= 15 is 0 Å². The van der Waals surface area contributed by atoms with Crippen LogP contribution in [0.25, 0.3) is 5.57 Å². The van der Waals surface area contributed by atoms with E-state index < -0.39 is 5.91 Å². The van der Waals surface area contributed by atoms with Crippen molar-refractivity contribution in [3.8, 4) is 0 Å². The van der Waals surface area contributed by atoms with E-state index in [1.54, 1.807) is 18.5 Å². The van der Waals surface area contributed by atoms with E-state index in [9.17, 15) is 4.79 Å². The van der Waals surface area contributed by atoms with Crippen molar-refractivity contribution >= 4 is 29.7 Å². The SMILES string of the molecule is CC/C=C/C=C(\C=N)c1cnc(N)c(C(=O)/N=C/C2CCCC2OCc2ccc(CCCN3CCN(C)CC3)cc2)c1. The standard InChI is InChI=1S/C34H46N6O2/c1-3-4-5-9-28(22-35)30-21-31(33(36)37-24-30)34(41)38-23-29-10-6-11-32(29)42-25-27-14-12-26(13-15-27)8-7-16-40-19-17-39(2)18-20-40/h4-5,9,12-15,21-24,29,32,35H,3,6-8,10-11,16-20,25H2,1-2H3,(H2,36,37)/b5-4+,28-9+,35-22?,38-23+. The smallest absolute Gasteiger partial charge is 0.280 e. The van der Waals surface area contributed by atoms with Gasteiger partial charge in [-0.1, -0.05) is 55.8 Å². The minimum absolute atomic E-state index is 0.0319. The molecule has 0 bridgehead atoms. The number of hydrogen-bond acceptors (Lipinski definition) is 7. The monoisotopic (exact) mass is 570 g/mol. The van der Waals surface area contributed by atoms with Crippen molar-refractivity contribution in [1.29, 1.82) is 5.41 Å². The molecule has 1 aromatic heterocycles. The molecule has 0 spiro atoms. The van der Waals surface area contributed by atoms with Gasteiger partial charge < -0.3 is 25.7 Å². The van der Waals surface area contributed by atoms with Crippen molar-refractivity contribution < 1.29 is 9.53 Å². The van der Waals surface area contributed by atoms with Gasteiger partial charge in [0.15, 0.2) is 0 Å². The molecule has 2 aromatic rings. The first-order valence-corrected chi connectivity index (χ1v) is 15.3. The third-order valence-corrected chi connectivity index (χ3v) is 8.19. The van der Waals surface area contributed by atoms with Gasteiger partial charge in [0.2, 0.25) is 0 Å². The van der Waals surface area contributed by atoms with Crippen LogP contribution in [0.4, 0.5) is 5.82 Å². The van der Waals surface area contributed by atoms with Crippen molar-refractivity contribution in [3.05, 3.63) is 77.0 Å². The van der Waals surface area contributed by atoms with Crippen molar-refractivity contribution in [2.75, 3.05) is 45.5 Å². The number of pyridine rings is 1. The number of amides is 1. The Kier molecular flexibility index (Phi) is 12.2. The molecule has 1 saturated carbocycles. The van der Waals surface area contributed by atoms with Gasteiger partial charge >= 0.3 is 0 Å². The zero-order valence-corrected chi connectivity index (χ0v) is 25.2. The van der Waals surface area contributed by atoms with Crippen molar-refractivity contribution in [2.24, 2.45) is 10.9 Å². The summed E-state index contributed by atoms with van der Waals surface area (Å²) >= 11 is 0. The Labute approximate surface area is 250 Å². The van der Waals surface area contributed by atoms with Crippen LogP contribution in [0.15, 0.2) is 59.7 Å². The molecule has 8 heteroatoms. The second kappa shape index (κ2) is 16.2. The molecule has 4 rings (SSSR count). The van der Waals surface area contributed by atoms with E-state index in [4.69, 9.17) is 15.9 Å². The van der Waals surface area contributed by atoms with Gasteiger partial charge in [0.1, 0.15) is 5.82 Å². The number of nitrogens with two attached hydrogens (primary N) is 1. The number of carbonyl (C=O) groups is 1. The Morgan fingerprint density at radius 1 is 1.17 bits per heavy atom. The largest absolute Gasteiger partial charge is 0.383 e. The number of aliphatic imine (C=N–C) groups is 1. The van der Waals surface area contributed by atoms with Crippen LogP contribution in [0.5, 0.6) is 0 Å². The first kappa shape index (κ1) is 31.5. The van der Waals surface area contributed by atoms with Crippen LogP contribution in [0.3, 0.4) is 0 Å². The van der Waals surface area contributed by atoms with E-state index in [2.05, 4.69) is 51.1 Å². The molecule has 1 aliphatic carbocycles. The highest BCUT2D eigenvalue weighted by Crippen LogP contribution is 2.28. The fourth-order valence-electron chi connectivity index (χ4n) is 5.49. The number of carbonyl (C=O) groups excluding carboxylic acids is 1.